The summed E-state index contributed by atoms with van der Waals surface area (Å²) >= 11 is 5.99. The number of nitrogens with two attached hydrogens (primary N) is 1. The fraction of sp³-hybridized carbons (Fsp3) is 0.571. The molecule has 2 rings (SSSR count). The first-order chi connectivity index (χ1) is 8.49. The van der Waals surface area contributed by atoms with E-state index in [-0.39, 0.29) is 11.5 Å². The molecule has 4 heteroatoms. The van der Waals surface area contributed by atoms with E-state index < -0.39 is 0 Å². The first-order valence-electron chi connectivity index (χ1n) is 6.26. The van der Waals surface area contributed by atoms with Crippen molar-refractivity contribution in [3.05, 3.63) is 34.9 Å². The number of rotatable bonds is 4. The van der Waals surface area contributed by atoms with Crippen molar-refractivity contribution in [2.45, 2.75) is 19.5 Å². The SMILES string of the molecule is CN(Cc1cccc(Cl)c1)CC1(C)COCC1N. The van der Waals surface area contributed by atoms with Crippen LogP contribution in [0.25, 0.3) is 0 Å². The lowest BCUT2D eigenvalue weighted by molar-refractivity contribution is 0.128. The second-order valence-corrected chi connectivity index (χ2v) is 6.01. The third-order valence-corrected chi connectivity index (χ3v) is 3.83. The van der Waals surface area contributed by atoms with E-state index in [1.54, 1.807) is 0 Å². The lowest BCUT2D eigenvalue weighted by Crippen LogP contribution is -2.45. The van der Waals surface area contributed by atoms with Crippen LogP contribution in [-0.4, -0.2) is 37.7 Å². The molecule has 2 atom stereocenters. The number of hydrogen-bond acceptors (Lipinski definition) is 3. The number of halogens is 1. The molecule has 0 spiro atoms. The van der Waals surface area contributed by atoms with Gasteiger partial charge in [-0.1, -0.05) is 30.7 Å². The van der Waals surface area contributed by atoms with Gasteiger partial charge in [-0.2, -0.15) is 0 Å². The Hall–Kier alpha value is -0.610. The van der Waals surface area contributed by atoms with Crippen LogP contribution >= 0.6 is 11.6 Å². The van der Waals surface area contributed by atoms with Crippen molar-refractivity contribution in [3.63, 3.8) is 0 Å². The van der Waals surface area contributed by atoms with Gasteiger partial charge in [-0.3, -0.25) is 0 Å². The third-order valence-electron chi connectivity index (χ3n) is 3.60. The fourth-order valence-corrected chi connectivity index (χ4v) is 2.72. The molecule has 3 nitrogen and oxygen atoms in total. The quantitative estimate of drug-likeness (QED) is 0.909. The molecule has 0 aliphatic carbocycles. The van der Waals surface area contributed by atoms with Crippen LogP contribution in [0.2, 0.25) is 5.02 Å². The zero-order valence-electron chi connectivity index (χ0n) is 11.0. The van der Waals surface area contributed by atoms with Gasteiger partial charge in [0.25, 0.3) is 0 Å². The van der Waals surface area contributed by atoms with E-state index >= 15 is 0 Å². The topological polar surface area (TPSA) is 38.5 Å². The number of hydrogen-bond donors (Lipinski definition) is 1. The van der Waals surface area contributed by atoms with Crippen molar-refractivity contribution in [1.82, 2.24) is 4.90 Å². The third kappa shape index (κ3) is 3.23. The van der Waals surface area contributed by atoms with E-state index in [0.717, 1.165) is 24.7 Å². The number of nitrogens with zero attached hydrogens (tertiary/aromatic N) is 1. The molecule has 2 unspecified atom stereocenters. The highest BCUT2D eigenvalue weighted by atomic mass is 35.5. The lowest BCUT2D eigenvalue weighted by Gasteiger charge is -2.32. The Morgan fingerprint density at radius 1 is 1.56 bits per heavy atom. The average molecular weight is 269 g/mol. The Balaban J connectivity index is 1.94. The smallest absolute Gasteiger partial charge is 0.0624 e. The molecule has 1 heterocycles. The summed E-state index contributed by atoms with van der Waals surface area (Å²) in [5, 5.41) is 0.785. The van der Waals surface area contributed by atoms with E-state index in [2.05, 4.69) is 24.9 Å². The Morgan fingerprint density at radius 2 is 2.33 bits per heavy atom. The maximum absolute atomic E-state index is 6.11. The van der Waals surface area contributed by atoms with Crippen molar-refractivity contribution in [3.8, 4) is 0 Å². The summed E-state index contributed by atoms with van der Waals surface area (Å²) in [5.74, 6) is 0. The van der Waals surface area contributed by atoms with E-state index in [1.807, 2.05) is 18.2 Å². The average Bonchev–Trinajstić information content (AvgIpc) is 2.58. The second kappa shape index (κ2) is 5.57. The predicted octanol–water partition coefficient (Wildman–Crippen LogP) is 2.14. The molecule has 1 aromatic rings. The molecule has 0 amide bonds. The molecule has 100 valence electrons. The molecule has 1 fully saturated rings. The van der Waals surface area contributed by atoms with Crippen molar-refractivity contribution >= 4 is 11.6 Å². The fourth-order valence-electron chi connectivity index (χ4n) is 2.51. The van der Waals surface area contributed by atoms with Gasteiger partial charge in [-0.15, -0.1) is 0 Å². The molecule has 1 aromatic carbocycles. The summed E-state index contributed by atoms with van der Waals surface area (Å²) in [6, 6.07) is 8.10. The number of benzene rings is 1. The molecule has 1 saturated heterocycles. The first kappa shape index (κ1) is 13.8. The van der Waals surface area contributed by atoms with E-state index in [0.29, 0.717) is 6.61 Å². The molecule has 0 bridgehead atoms. The van der Waals surface area contributed by atoms with E-state index in [9.17, 15) is 0 Å². The first-order valence-corrected chi connectivity index (χ1v) is 6.64. The Bertz CT molecular complexity index is 413. The van der Waals surface area contributed by atoms with E-state index in [4.69, 9.17) is 22.1 Å². The minimum Gasteiger partial charge on any atom is -0.379 e. The summed E-state index contributed by atoms with van der Waals surface area (Å²) in [5.41, 5.74) is 7.38. The van der Waals surface area contributed by atoms with Gasteiger partial charge in [0.15, 0.2) is 0 Å². The van der Waals surface area contributed by atoms with Crippen LogP contribution < -0.4 is 5.73 Å². The molecular weight excluding hydrogens is 248 g/mol. The normalized spacial score (nSPS) is 27.9. The van der Waals surface area contributed by atoms with Crippen LogP contribution in [0.4, 0.5) is 0 Å². The molecule has 1 aliphatic rings. The van der Waals surface area contributed by atoms with Crippen LogP contribution in [0.5, 0.6) is 0 Å². The monoisotopic (exact) mass is 268 g/mol. The Morgan fingerprint density at radius 3 is 2.94 bits per heavy atom. The predicted molar refractivity (Wildman–Crippen MR) is 74.7 cm³/mol. The van der Waals surface area contributed by atoms with Crippen molar-refractivity contribution in [2.75, 3.05) is 26.8 Å². The molecule has 2 N–H and O–H groups in total. The largest absolute Gasteiger partial charge is 0.379 e. The number of ether oxygens (including phenoxy) is 1. The molecule has 0 radical (unpaired) electrons. The Labute approximate surface area is 114 Å². The highest BCUT2D eigenvalue weighted by Crippen LogP contribution is 2.28. The summed E-state index contributed by atoms with van der Waals surface area (Å²) in [4.78, 5) is 2.28. The summed E-state index contributed by atoms with van der Waals surface area (Å²) in [6.45, 7) is 5.41. The lowest BCUT2D eigenvalue weighted by atomic mass is 9.85. The molecule has 0 saturated carbocycles. The van der Waals surface area contributed by atoms with Gasteiger partial charge in [0.1, 0.15) is 0 Å². The van der Waals surface area contributed by atoms with Crippen LogP contribution in [0, 0.1) is 5.41 Å². The zero-order valence-corrected chi connectivity index (χ0v) is 11.8. The maximum atomic E-state index is 6.11. The Kier molecular flexibility index (Phi) is 4.28. The molecular formula is C14H21ClN2O. The van der Waals surface area contributed by atoms with Crippen LogP contribution in [0.15, 0.2) is 24.3 Å². The highest BCUT2D eigenvalue weighted by Gasteiger charge is 2.38. The van der Waals surface area contributed by atoms with Crippen molar-refractivity contribution < 1.29 is 4.74 Å². The van der Waals surface area contributed by atoms with Gasteiger partial charge in [0.2, 0.25) is 0 Å². The van der Waals surface area contributed by atoms with Gasteiger partial charge in [-0.25, -0.2) is 0 Å². The van der Waals surface area contributed by atoms with Crippen LogP contribution in [0.3, 0.4) is 0 Å². The van der Waals surface area contributed by atoms with Crippen LogP contribution in [-0.2, 0) is 11.3 Å². The van der Waals surface area contributed by atoms with Crippen LogP contribution in [0.1, 0.15) is 12.5 Å². The zero-order chi connectivity index (χ0) is 13.2. The van der Waals surface area contributed by atoms with E-state index in [1.165, 1.54) is 5.56 Å². The summed E-state index contributed by atoms with van der Waals surface area (Å²) < 4.78 is 5.47. The van der Waals surface area contributed by atoms with Crippen molar-refractivity contribution in [1.29, 1.82) is 0 Å². The minimum absolute atomic E-state index is 0.0489. The summed E-state index contributed by atoms with van der Waals surface area (Å²) in [6.07, 6.45) is 0. The van der Waals surface area contributed by atoms with Gasteiger partial charge in [0, 0.05) is 29.6 Å². The summed E-state index contributed by atoms with van der Waals surface area (Å²) in [7, 11) is 2.11. The van der Waals surface area contributed by atoms with Gasteiger partial charge >= 0.3 is 0 Å². The molecule has 0 aromatic heterocycles. The highest BCUT2D eigenvalue weighted by molar-refractivity contribution is 6.30. The maximum Gasteiger partial charge on any atom is 0.0624 e. The van der Waals surface area contributed by atoms with Gasteiger partial charge in [0.05, 0.1) is 13.2 Å². The van der Waals surface area contributed by atoms with Crippen molar-refractivity contribution in [2.24, 2.45) is 11.1 Å². The second-order valence-electron chi connectivity index (χ2n) is 5.58. The molecule has 1 aliphatic heterocycles. The molecule has 18 heavy (non-hydrogen) atoms. The standard InChI is InChI=1S/C14H21ClN2O/c1-14(10-18-8-13(14)16)9-17(2)7-11-4-3-5-12(15)6-11/h3-6,13H,7-10,16H2,1-2H3. The van der Waals surface area contributed by atoms with Gasteiger partial charge in [-0.05, 0) is 24.7 Å². The van der Waals surface area contributed by atoms with Gasteiger partial charge < -0.3 is 15.4 Å². The minimum atomic E-state index is 0.0489.